The van der Waals surface area contributed by atoms with Crippen LogP contribution in [0.1, 0.15) is 56.4 Å². The Hall–Kier alpha value is -1.72. The van der Waals surface area contributed by atoms with Crippen molar-refractivity contribution in [1.29, 1.82) is 0 Å². The Kier molecular flexibility index (Phi) is 5.99. The van der Waals surface area contributed by atoms with Crippen molar-refractivity contribution in [2.75, 3.05) is 13.1 Å². The van der Waals surface area contributed by atoms with Gasteiger partial charge >= 0.3 is 0 Å². The van der Waals surface area contributed by atoms with Crippen LogP contribution in [-0.4, -0.2) is 34.2 Å². The highest BCUT2D eigenvalue weighted by Gasteiger charge is 2.27. The maximum atomic E-state index is 6.06. The van der Waals surface area contributed by atoms with E-state index in [0.717, 1.165) is 50.5 Å². The van der Waals surface area contributed by atoms with E-state index in [4.69, 9.17) is 9.26 Å². The highest BCUT2D eigenvalue weighted by molar-refractivity contribution is 5.13. The molecule has 0 saturated carbocycles. The van der Waals surface area contributed by atoms with Gasteiger partial charge in [0.1, 0.15) is 0 Å². The van der Waals surface area contributed by atoms with Gasteiger partial charge in [-0.05, 0) is 31.7 Å². The van der Waals surface area contributed by atoms with E-state index in [2.05, 4.69) is 53.2 Å². The van der Waals surface area contributed by atoms with E-state index in [1.165, 1.54) is 5.56 Å². The molecule has 0 amide bonds. The fraction of sp³-hybridized carbons (Fsp3) is 0.579. The van der Waals surface area contributed by atoms with Crippen molar-refractivity contribution < 1.29 is 9.26 Å². The lowest BCUT2D eigenvalue weighted by atomic mass is 10.1. The summed E-state index contributed by atoms with van der Waals surface area (Å²) in [6.07, 6.45) is 4.36. The van der Waals surface area contributed by atoms with Gasteiger partial charge < -0.3 is 9.26 Å². The van der Waals surface area contributed by atoms with Crippen LogP contribution in [0.5, 0.6) is 0 Å². The van der Waals surface area contributed by atoms with Crippen molar-refractivity contribution >= 4 is 0 Å². The second kappa shape index (κ2) is 8.40. The summed E-state index contributed by atoms with van der Waals surface area (Å²) in [5, 5.41) is 4.06. The van der Waals surface area contributed by atoms with Crippen molar-refractivity contribution in [2.45, 2.75) is 58.3 Å². The van der Waals surface area contributed by atoms with Gasteiger partial charge in [0.25, 0.3) is 0 Å². The van der Waals surface area contributed by atoms with Gasteiger partial charge in [-0.3, -0.25) is 4.90 Å². The molecule has 0 bridgehead atoms. The molecule has 1 unspecified atom stereocenters. The zero-order chi connectivity index (χ0) is 16.8. The molecule has 0 radical (unpaired) electrons. The normalized spacial score (nSPS) is 17.9. The molecule has 5 heteroatoms. The molecule has 3 rings (SSSR count). The van der Waals surface area contributed by atoms with Crippen LogP contribution in [0.2, 0.25) is 0 Å². The molecule has 0 N–H and O–H groups in total. The predicted molar refractivity (Wildman–Crippen MR) is 92.5 cm³/mol. The lowest BCUT2D eigenvalue weighted by Crippen LogP contribution is -2.38. The molecule has 1 aromatic carbocycles. The molecule has 1 aliphatic rings. The number of aromatic nitrogens is 2. The first-order chi connectivity index (χ1) is 11.8. The topological polar surface area (TPSA) is 51.4 Å². The molecule has 2 aromatic rings. The van der Waals surface area contributed by atoms with Crippen molar-refractivity contribution in [2.24, 2.45) is 0 Å². The zero-order valence-corrected chi connectivity index (χ0v) is 14.6. The summed E-state index contributed by atoms with van der Waals surface area (Å²) >= 11 is 0. The van der Waals surface area contributed by atoms with Crippen LogP contribution in [0.4, 0.5) is 0 Å². The molecule has 1 atom stereocenters. The smallest absolute Gasteiger partial charge is 0.243 e. The van der Waals surface area contributed by atoms with Crippen LogP contribution in [0.3, 0.4) is 0 Å². The second-order valence-corrected chi connectivity index (χ2v) is 6.51. The largest absolute Gasteiger partial charge is 0.373 e. The molecule has 1 aromatic heterocycles. The van der Waals surface area contributed by atoms with Gasteiger partial charge in [0.15, 0.2) is 5.82 Å². The summed E-state index contributed by atoms with van der Waals surface area (Å²) in [7, 11) is 0. The van der Waals surface area contributed by atoms with Crippen molar-refractivity contribution in [3.05, 3.63) is 47.6 Å². The molecule has 130 valence electrons. The first-order valence-corrected chi connectivity index (χ1v) is 8.98. The predicted octanol–water partition coefficient (Wildman–Crippen LogP) is 3.76. The third-order valence-electron chi connectivity index (χ3n) is 4.67. The summed E-state index contributed by atoms with van der Waals surface area (Å²) < 4.78 is 11.5. The third kappa shape index (κ3) is 4.42. The Labute approximate surface area is 144 Å². The molecule has 1 saturated heterocycles. The molecule has 0 aliphatic carbocycles. The molecule has 0 spiro atoms. The number of ether oxygens (including phenoxy) is 1. The van der Waals surface area contributed by atoms with E-state index in [9.17, 15) is 0 Å². The van der Waals surface area contributed by atoms with E-state index in [1.54, 1.807) is 0 Å². The second-order valence-electron chi connectivity index (χ2n) is 6.51. The van der Waals surface area contributed by atoms with Gasteiger partial charge in [0.05, 0.1) is 18.8 Å². The number of nitrogens with zero attached hydrogens (tertiary/aromatic N) is 3. The van der Waals surface area contributed by atoms with Crippen molar-refractivity contribution in [3.63, 3.8) is 0 Å². The van der Waals surface area contributed by atoms with Crippen LogP contribution >= 0.6 is 0 Å². The van der Waals surface area contributed by atoms with Gasteiger partial charge in [-0.2, -0.15) is 4.98 Å². The SMILES string of the molecule is CCCc1noc(C(C)N2CCC(OCc3ccccc3)CC2)n1. The lowest BCUT2D eigenvalue weighted by molar-refractivity contribution is -0.0124. The minimum Gasteiger partial charge on any atom is -0.373 e. The number of piperidine rings is 1. The first kappa shape index (κ1) is 17.1. The molecule has 24 heavy (non-hydrogen) atoms. The van der Waals surface area contributed by atoms with E-state index >= 15 is 0 Å². The van der Waals surface area contributed by atoms with Crippen LogP contribution < -0.4 is 0 Å². The maximum Gasteiger partial charge on any atom is 0.243 e. The van der Waals surface area contributed by atoms with Gasteiger partial charge in [-0.25, -0.2) is 0 Å². The Bertz CT molecular complexity index is 606. The van der Waals surface area contributed by atoms with Crippen molar-refractivity contribution in [3.8, 4) is 0 Å². The van der Waals surface area contributed by atoms with Crippen molar-refractivity contribution in [1.82, 2.24) is 15.0 Å². The van der Waals surface area contributed by atoms with E-state index in [0.29, 0.717) is 12.7 Å². The number of rotatable bonds is 7. The Balaban J connectivity index is 1.45. The molecular formula is C19H27N3O2. The minimum absolute atomic E-state index is 0.179. The molecular weight excluding hydrogens is 302 g/mol. The highest BCUT2D eigenvalue weighted by Crippen LogP contribution is 2.24. The molecule has 5 nitrogen and oxygen atoms in total. The zero-order valence-electron chi connectivity index (χ0n) is 14.6. The third-order valence-corrected chi connectivity index (χ3v) is 4.67. The summed E-state index contributed by atoms with van der Waals surface area (Å²) in [4.78, 5) is 6.93. The number of aryl methyl sites for hydroxylation is 1. The minimum atomic E-state index is 0.179. The molecule has 1 aliphatic heterocycles. The Morgan fingerprint density at radius 2 is 2.00 bits per heavy atom. The maximum absolute atomic E-state index is 6.06. The quantitative estimate of drug-likeness (QED) is 0.774. The van der Waals surface area contributed by atoms with Gasteiger partial charge in [0, 0.05) is 19.5 Å². The van der Waals surface area contributed by atoms with E-state index < -0.39 is 0 Å². The molecule has 1 fully saturated rings. The first-order valence-electron chi connectivity index (χ1n) is 8.98. The molecule has 2 heterocycles. The summed E-state index contributed by atoms with van der Waals surface area (Å²) in [6, 6.07) is 10.5. The lowest BCUT2D eigenvalue weighted by Gasteiger charge is -2.34. The average Bonchev–Trinajstić information content (AvgIpc) is 3.10. The van der Waals surface area contributed by atoms with E-state index in [-0.39, 0.29) is 6.04 Å². The fourth-order valence-electron chi connectivity index (χ4n) is 3.14. The van der Waals surface area contributed by atoms with E-state index in [1.807, 2.05) is 6.07 Å². The van der Waals surface area contributed by atoms with Gasteiger partial charge in [-0.1, -0.05) is 42.4 Å². The monoisotopic (exact) mass is 329 g/mol. The fourth-order valence-corrected chi connectivity index (χ4v) is 3.14. The summed E-state index contributed by atoms with van der Waals surface area (Å²) in [6.45, 7) is 6.98. The Morgan fingerprint density at radius 1 is 1.25 bits per heavy atom. The van der Waals surface area contributed by atoms with Crippen LogP contribution in [0.15, 0.2) is 34.9 Å². The van der Waals surface area contributed by atoms with Crippen LogP contribution in [0.25, 0.3) is 0 Å². The van der Waals surface area contributed by atoms with Crippen LogP contribution in [0, 0.1) is 0 Å². The number of hydrogen-bond donors (Lipinski definition) is 0. The average molecular weight is 329 g/mol. The summed E-state index contributed by atoms with van der Waals surface area (Å²) in [5.74, 6) is 1.56. The highest BCUT2D eigenvalue weighted by atomic mass is 16.5. The standard InChI is InChI=1S/C19H27N3O2/c1-3-7-18-20-19(24-21-18)15(2)22-12-10-17(11-13-22)23-14-16-8-5-4-6-9-16/h4-6,8-9,15,17H,3,7,10-14H2,1-2H3. The van der Waals surface area contributed by atoms with Gasteiger partial charge in [0.2, 0.25) is 5.89 Å². The Morgan fingerprint density at radius 3 is 2.71 bits per heavy atom. The van der Waals surface area contributed by atoms with Crippen LogP contribution in [-0.2, 0) is 17.8 Å². The number of hydrogen-bond acceptors (Lipinski definition) is 5. The number of benzene rings is 1. The summed E-state index contributed by atoms with van der Waals surface area (Å²) in [5.41, 5.74) is 1.24. The number of likely N-dealkylation sites (tertiary alicyclic amines) is 1. The van der Waals surface area contributed by atoms with Gasteiger partial charge in [-0.15, -0.1) is 0 Å².